The number of aryl methyl sites for hydroxylation is 1. The van der Waals surface area contributed by atoms with Crippen LogP contribution < -0.4 is 10.1 Å². The number of nitrogens with zero attached hydrogens (tertiary/aromatic N) is 2. The highest BCUT2D eigenvalue weighted by atomic mass is 35.5. The predicted molar refractivity (Wildman–Crippen MR) is 107 cm³/mol. The van der Waals surface area contributed by atoms with E-state index in [1.807, 2.05) is 6.92 Å². The van der Waals surface area contributed by atoms with Crippen LogP contribution in [-0.2, 0) is 23.8 Å². The van der Waals surface area contributed by atoms with E-state index in [-0.39, 0.29) is 23.9 Å². The minimum Gasteiger partial charge on any atom is -0.457 e. The molecule has 1 N–H and O–H groups in total. The maximum absolute atomic E-state index is 12.6. The van der Waals surface area contributed by atoms with Crippen molar-refractivity contribution in [2.24, 2.45) is 0 Å². The van der Waals surface area contributed by atoms with Crippen molar-refractivity contribution in [3.63, 3.8) is 0 Å². The molecular weight excluding hydrogens is 419 g/mol. The van der Waals surface area contributed by atoms with Crippen molar-refractivity contribution in [1.82, 2.24) is 9.97 Å². The van der Waals surface area contributed by atoms with Gasteiger partial charge in [-0.05, 0) is 48.4 Å². The molecular formula is C21H17ClF3N3O2. The molecule has 0 fully saturated rings. The van der Waals surface area contributed by atoms with Gasteiger partial charge in [0.15, 0.2) is 5.82 Å². The van der Waals surface area contributed by atoms with Crippen LogP contribution in [0.2, 0.25) is 5.02 Å². The number of carbonyl (C=O) groups excluding carboxylic acids is 1. The molecule has 156 valence electrons. The second-order valence-electron chi connectivity index (χ2n) is 6.33. The van der Waals surface area contributed by atoms with Gasteiger partial charge in [-0.2, -0.15) is 13.2 Å². The Balaban J connectivity index is 1.60. The average molecular weight is 436 g/mol. The van der Waals surface area contributed by atoms with E-state index in [4.69, 9.17) is 16.3 Å². The second-order valence-corrected chi connectivity index (χ2v) is 6.71. The van der Waals surface area contributed by atoms with Crippen molar-refractivity contribution in [2.75, 3.05) is 5.32 Å². The summed E-state index contributed by atoms with van der Waals surface area (Å²) < 4.78 is 43.4. The van der Waals surface area contributed by atoms with Gasteiger partial charge in [-0.15, -0.1) is 0 Å². The Morgan fingerprint density at radius 2 is 1.63 bits per heavy atom. The van der Waals surface area contributed by atoms with Crippen LogP contribution in [0.3, 0.4) is 0 Å². The molecule has 0 radical (unpaired) electrons. The predicted octanol–water partition coefficient (Wildman–Crippen LogP) is 5.68. The van der Waals surface area contributed by atoms with Crippen LogP contribution in [0.15, 0.2) is 54.9 Å². The molecule has 0 unspecified atom stereocenters. The first kappa shape index (κ1) is 21.6. The van der Waals surface area contributed by atoms with Gasteiger partial charge in [-0.25, -0.2) is 9.97 Å². The maximum Gasteiger partial charge on any atom is 0.416 e. The molecule has 0 aliphatic heterocycles. The molecule has 1 heterocycles. The average Bonchev–Trinajstić information content (AvgIpc) is 2.71. The number of ether oxygens (including phenoxy) is 1. The number of aromatic nitrogens is 2. The van der Waals surface area contributed by atoms with Crippen molar-refractivity contribution in [2.45, 2.75) is 25.9 Å². The lowest BCUT2D eigenvalue weighted by Crippen LogP contribution is -2.16. The Bertz CT molecular complexity index is 1020. The zero-order valence-corrected chi connectivity index (χ0v) is 16.6. The standard InChI is InChI=1S/C21H17ClF3N3O2/c1-2-17-19(22)20(27-12-26-17)28-18(29)11-13-3-7-15(8-4-13)30-16-9-5-14(6-10-16)21(23,24)25/h3-10,12H,2,11H2,1H3,(H,26,27,28,29). The molecule has 5 nitrogen and oxygen atoms in total. The summed E-state index contributed by atoms with van der Waals surface area (Å²) >= 11 is 6.17. The number of alkyl halides is 3. The summed E-state index contributed by atoms with van der Waals surface area (Å²) in [4.78, 5) is 20.3. The summed E-state index contributed by atoms with van der Waals surface area (Å²) in [6.45, 7) is 1.90. The first-order valence-electron chi connectivity index (χ1n) is 8.99. The molecule has 1 amide bonds. The monoisotopic (exact) mass is 435 g/mol. The summed E-state index contributed by atoms with van der Waals surface area (Å²) in [6.07, 6.45) is -2.35. The third-order valence-electron chi connectivity index (χ3n) is 4.16. The van der Waals surface area contributed by atoms with Gasteiger partial charge in [0.2, 0.25) is 5.91 Å². The number of amides is 1. The topological polar surface area (TPSA) is 64.1 Å². The number of halogens is 4. The van der Waals surface area contributed by atoms with Gasteiger partial charge in [0.25, 0.3) is 0 Å². The summed E-state index contributed by atoms with van der Waals surface area (Å²) in [5, 5.41) is 2.97. The van der Waals surface area contributed by atoms with Crippen LogP contribution >= 0.6 is 11.6 Å². The molecule has 2 aromatic carbocycles. The largest absolute Gasteiger partial charge is 0.457 e. The molecule has 0 spiro atoms. The van der Waals surface area contributed by atoms with E-state index in [1.54, 1.807) is 24.3 Å². The molecule has 0 saturated carbocycles. The van der Waals surface area contributed by atoms with E-state index in [0.29, 0.717) is 28.5 Å². The van der Waals surface area contributed by atoms with Crippen LogP contribution in [-0.4, -0.2) is 15.9 Å². The van der Waals surface area contributed by atoms with Gasteiger partial charge in [0.05, 0.1) is 17.7 Å². The number of hydrogen-bond acceptors (Lipinski definition) is 4. The van der Waals surface area contributed by atoms with Crippen molar-refractivity contribution in [3.05, 3.63) is 76.7 Å². The van der Waals surface area contributed by atoms with Crippen LogP contribution in [0.4, 0.5) is 19.0 Å². The Labute approximate surface area is 175 Å². The van der Waals surface area contributed by atoms with E-state index in [1.165, 1.54) is 18.5 Å². The number of carbonyl (C=O) groups is 1. The Hall–Kier alpha value is -3.13. The molecule has 0 saturated heterocycles. The smallest absolute Gasteiger partial charge is 0.416 e. The van der Waals surface area contributed by atoms with E-state index in [9.17, 15) is 18.0 Å². The van der Waals surface area contributed by atoms with Crippen LogP contribution in [0.25, 0.3) is 0 Å². The van der Waals surface area contributed by atoms with E-state index in [2.05, 4.69) is 15.3 Å². The second kappa shape index (κ2) is 9.13. The molecule has 30 heavy (non-hydrogen) atoms. The minimum atomic E-state index is -4.39. The first-order valence-corrected chi connectivity index (χ1v) is 9.37. The third-order valence-corrected chi connectivity index (χ3v) is 4.56. The first-order chi connectivity index (χ1) is 14.3. The lowest BCUT2D eigenvalue weighted by Gasteiger charge is -2.10. The molecule has 0 atom stereocenters. The summed E-state index contributed by atoms with van der Waals surface area (Å²) in [6, 6.07) is 11.1. The van der Waals surface area contributed by atoms with E-state index >= 15 is 0 Å². The van der Waals surface area contributed by atoms with Crippen molar-refractivity contribution < 1.29 is 22.7 Å². The molecule has 1 aromatic heterocycles. The molecule has 3 aromatic rings. The van der Waals surface area contributed by atoms with Crippen LogP contribution in [0, 0.1) is 0 Å². The fraction of sp³-hybridized carbons (Fsp3) is 0.190. The number of anilines is 1. The highest BCUT2D eigenvalue weighted by molar-refractivity contribution is 6.34. The van der Waals surface area contributed by atoms with Gasteiger partial charge in [-0.3, -0.25) is 4.79 Å². The lowest BCUT2D eigenvalue weighted by atomic mass is 10.1. The quantitative estimate of drug-likeness (QED) is 0.540. The van der Waals surface area contributed by atoms with Crippen LogP contribution in [0.1, 0.15) is 23.7 Å². The SMILES string of the molecule is CCc1ncnc(NC(=O)Cc2ccc(Oc3ccc(C(F)(F)F)cc3)cc2)c1Cl. The third kappa shape index (κ3) is 5.48. The lowest BCUT2D eigenvalue weighted by molar-refractivity contribution is -0.137. The fourth-order valence-corrected chi connectivity index (χ4v) is 2.90. The highest BCUT2D eigenvalue weighted by Crippen LogP contribution is 2.31. The minimum absolute atomic E-state index is 0.0857. The number of rotatable bonds is 6. The zero-order chi connectivity index (χ0) is 21.7. The highest BCUT2D eigenvalue weighted by Gasteiger charge is 2.30. The Kier molecular flexibility index (Phi) is 6.56. The Morgan fingerprint density at radius 1 is 1.03 bits per heavy atom. The molecule has 9 heteroatoms. The molecule has 0 aliphatic carbocycles. The summed E-state index contributed by atoms with van der Waals surface area (Å²) in [5.41, 5.74) is 0.617. The van der Waals surface area contributed by atoms with Crippen LogP contribution in [0.5, 0.6) is 11.5 Å². The van der Waals surface area contributed by atoms with Crippen molar-refractivity contribution in [3.8, 4) is 11.5 Å². The van der Waals surface area contributed by atoms with Gasteiger partial charge in [0, 0.05) is 0 Å². The normalized spacial score (nSPS) is 11.2. The molecule has 0 bridgehead atoms. The van der Waals surface area contributed by atoms with Gasteiger partial charge >= 0.3 is 6.18 Å². The number of nitrogens with one attached hydrogen (secondary N) is 1. The number of benzene rings is 2. The van der Waals surface area contributed by atoms with Gasteiger partial charge in [-0.1, -0.05) is 30.7 Å². The van der Waals surface area contributed by atoms with Crippen molar-refractivity contribution >= 4 is 23.3 Å². The summed E-state index contributed by atoms with van der Waals surface area (Å²) in [7, 11) is 0. The van der Waals surface area contributed by atoms with Gasteiger partial charge in [0.1, 0.15) is 22.8 Å². The zero-order valence-electron chi connectivity index (χ0n) is 15.8. The Morgan fingerprint density at radius 3 is 2.20 bits per heavy atom. The van der Waals surface area contributed by atoms with Gasteiger partial charge < -0.3 is 10.1 Å². The van der Waals surface area contributed by atoms with E-state index < -0.39 is 11.7 Å². The van der Waals surface area contributed by atoms with E-state index in [0.717, 1.165) is 12.1 Å². The fourth-order valence-electron chi connectivity index (χ4n) is 2.62. The molecule has 0 aliphatic rings. The summed E-state index contributed by atoms with van der Waals surface area (Å²) in [5.74, 6) is 0.675. The number of hydrogen-bond donors (Lipinski definition) is 1. The molecule has 3 rings (SSSR count). The maximum atomic E-state index is 12.6. The van der Waals surface area contributed by atoms with Crippen molar-refractivity contribution in [1.29, 1.82) is 0 Å².